The molecule has 1 aliphatic heterocycles. The molecule has 0 bridgehead atoms. The normalized spacial score (nSPS) is 13.7. The van der Waals surface area contributed by atoms with Crippen molar-refractivity contribution in [3.63, 3.8) is 0 Å². The number of amides is 1. The van der Waals surface area contributed by atoms with Crippen molar-refractivity contribution in [3.05, 3.63) is 53.6 Å². The van der Waals surface area contributed by atoms with Crippen LogP contribution in [0.1, 0.15) is 30.9 Å². The number of hydrogen-bond donors (Lipinski definition) is 1. The second kappa shape index (κ2) is 9.26. The quantitative estimate of drug-likeness (QED) is 0.590. The second-order valence-electron chi connectivity index (χ2n) is 6.77. The van der Waals surface area contributed by atoms with E-state index in [1.807, 2.05) is 31.2 Å². The molecule has 0 saturated carbocycles. The van der Waals surface area contributed by atoms with E-state index in [9.17, 15) is 4.79 Å². The van der Waals surface area contributed by atoms with Crippen molar-refractivity contribution >= 4 is 17.3 Å². The molecule has 1 heterocycles. The molecule has 0 fully saturated rings. The Hall–Kier alpha value is -3.02. The summed E-state index contributed by atoms with van der Waals surface area (Å²) in [4.78, 5) is 14.5. The van der Waals surface area contributed by atoms with E-state index in [1.165, 1.54) is 11.3 Å². The molecular weight excluding hydrogens is 354 g/mol. The van der Waals surface area contributed by atoms with Crippen LogP contribution in [0, 0.1) is 0 Å². The predicted molar refractivity (Wildman–Crippen MR) is 111 cm³/mol. The van der Waals surface area contributed by atoms with Gasteiger partial charge in [0.1, 0.15) is 0 Å². The van der Waals surface area contributed by atoms with Gasteiger partial charge in [-0.15, -0.1) is 0 Å². The smallest absolute Gasteiger partial charge is 0.241 e. The number of hydrazone groups is 1. The van der Waals surface area contributed by atoms with Crippen LogP contribution < -0.4 is 19.8 Å². The van der Waals surface area contributed by atoms with Crippen molar-refractivity contribution < 1.29 is 14.3 Å². The summed E-state index contributed by atoms with van der Waals surface area (Å²) in [7, 11) is 3.19. The maximum atomic E-state index is 12.3. The van der Waals surface area contributed by atoms with Crippen molar-refractivity contribution in [3.8, 4) is 11.5 Å². The third kappa shape index (κ3) is 4.63. The first-order valence-electron chi connectivity index (χ1n) is 9.50. The maximum Gasteiger partial charge on any atom is 0.241 e. The number of benzene rings is 2. The topological polar surface area (TPSA) is 63.2 Å². The van der Waals surface area contributed by atoms with E-state index < -0.39 is 0 Å². The minimum atomic E-state index is -0.0946. The number of nitrogens with zero attached hydrogens (tertiary/aromatic N) is 2. The Labute approximate surface area is 166 Å². The number of hydrogen-bond acceptors (Lipinski definition) is 5. The van der Waals surface area contributed by atoms with Gasteiger partial charge in [0.05, 0.1) is 19.9 Å². The molecule has 0 unspecified atom stereocenters. The summed E-state index contributed by atoms with van der Waals surface area (Å²) >= 11 is 0. The molecular formula is C22H27N3O3. The Morgan fingerprint density at radius 1 is 1.14 bits per heavy atom. The van der Waals surface area contributed by atoms with Crippen LogP contribution in [-0.2, 0) is 11.2 Å². The van der Waals surface area contributed by atoms with Gasteiger partial charge in [-0.3, -0.25) is 4.79 Å². The van der Waals surface area contributed by atoms with Crippen LogP contribution in [0.25, 0.3) is 0 Å². The monoisotopic (exact) mass is 381 g/mol. The summed E-state index contributed by atoms with van der Waals surface area (Å²) in [5.41, 5.74) is 6.83. The molecule has 6 heteroatoms. The number of anilines is 1. The molecule has 0 aliphatic carbocycles. The molecule has 6 nitrogen and oxygen atoms in total. The van der Waals surface area contributed by atoms with E-state index in [0.717, 1.165) is 24.9 Å². The number of para-hydroxylation sites is 1. The number of ether oxygens (including phenoxy) is 2. The summed E-state index contributed by atoms with van der Waals surface area (Å²) in [6, 6.07) is 14.0. The van der Waals surface area contributed by atoms with Gasteiger partial charge in [-0.1, -0.05) is 18.2 Å². The molecule has 0 aromatic heterocycles. The Kier molecular flexibility index (Phi) is 6.53. The fourth-order valence-electron chi connectivity index (χ4n) is 3.41. The van der Waals surface area contributed by atoms with Crippen LogP contribution in [-0.4, -0.2) is 38.9 Å². The number of aryl methyl sites for hydroxylation is 1. The van der Waals surface area contributed by atoms with Crippen LogP contribution in [0.15, 0.2) is 47.6 Å². The lowest BCUT2D eigenvalue weighted by molar-refractivity contribution is -0.120. The summed E-state index contributed by atoms with van der Waals surface area (Å²) in [6.45, 7) is 3.52. The molecule has 1 amide bonds. The van der Waals surface area contributed by atoms with Crippen molar-refractivity contribution in [1.82, 2.24) is 5.43 Å². The summed E-state index contributed by atoms with van der Waals surface area (Å²) in [6.07, 6.45) is 2.62. The van der Waals surface area contributed by atoms with Gasteiger partial charge in [-0.25, -0.2) is 5.43 Å². The lowest BCUT2D eigenvalue weighted by Gasteiger charge is -2.31. The van der Waals surface area contributed by atoms with E-state index >= 15 is 0 Å². The van der Waals surface area contributed by atoms with Gasteiger partial charge in [-0.05, 0) is 49.6 Å². The van der Waals surface area contributed by atoms with E-state index in [2.05, 4.69) is 33.6 Å². The Morgan fingerprint density at radius 2 is 1.93 bits per heavy atom. The summed E-state index contributed by atoms with van der Waals surface area (Å²) in [5.74, 6) is 1.19. The molecule has 0 radical (unpaired) electrons. The highest BCUT2D eigenvalue weighted by Gasteiger charge is 2.16. The molecule has 1 aliphatic rings. The minimum Gasteiger partial charge on any atom is -0.493 e. The average Bonchev–Trinajstić information content (AvgIpc) is 2.75. The highest BCUT2D eigenvalue weighted by molar-refractivity contribution is 5.99. The first-order chi connectivity index (χ1) is 13.6. The zero-order valence-corrected chi connectivity index (χ0v) is 16.7. The van der Waals surface area contributed by atoms with Gasteiger partial charge in [0.2, 0.25) is 5.91 Å². The molecule has 28 heavy (non-hydrogen) atoms. The van der Waals surface area contributed by atoms with Gasteiger partial charge in [0, 0.05) is 30.8 Å². The lowest BCUT2D eigenvalue weighted by Crippen LogP contribution is -2.33. The second-order valence-corrected chi connectivity index (χ2v) is 6.77. The van der Waals surface area contributed by atoms with E-state index in [0.29, 0.717) is 30.2 Å². The maximum absolute atomic E-state index is 12.3. The van der Waals surface area contributed by atoms with Crippen LogP contribution in [0.5, 0.6) is 11.5 Å². The first kappa shape index (κ1) is 19.7. The molecule has 3 rings (SSSR count). The first-order valence-corrected chi connectivity index (χ1v) is 9.50. The molecule has 2 aromatic rings. The molecule has 1 N–H and O–H groups in total. The number of carbonyl (C=O) groups excluding carboxylic acids is 1. The zero-order valence-electron chi connectivity index (χ0n) is 16.7. The van der Waals surface area contributed by atoms with Gasteiger partial charge in [0.25, 0.3) is 0 Å². The van der Waals surface area contributed by atoms with Crippen molar-refractivity contribution in [2.75, 3.05) is 32.2 Å². The lowest BCUT2D eigenvalue weighted by atomic mass is 10.0. The number of fused-ring (bicyclic) bond motifs is 1. The fraction of sp³-hybridized carbons (Fsp3) is 0.364. The van der Waals surface area contributed by atoms with Crippen LogP contribution in [0.3, 0.4) is 0 Å². The number of methoxy groups -OCH3 is 2. The molecule has 0 saturated heterocycles. The number of rotatable bonds is 7. The van der Waals surface area contributed by atoms with Gasteiger partial charge >= 0.3 is 0 Å². The van der Waals surface area contributed by atoms with Crippen molar-refractivity contribution in [2.24, 2.45) is 5.10 Å². The van der Waals surface area contributed by atoms with E-state index in [4.69, 9.17) is 9.47 Å². The highest BCUT2D eigenvalue weighted by atomic mass is 16.5. The standard InChI is InChI=1S/C22H27N3O3/c1-16(18-10-11-20(27-2)21(15-18)28-3)23-24-22(26)12-14-25-13-6-8-17-7-4-5-9-19(17)25/h4-5,7,9-11,15H,6,8,12-14H2,1-3H3,(H,24,26)/b23-16+. The van der Waals surface area contributed by atoms with Crippen molar-refractivity contribution in [2.45, 2.75) is 26.2 Å². The van der Waals surface area contributed by atoms with Crippen LogP contribution >= 0.6 is 0 Å². The highest BCUT2D eigenvalue weighted by Crippen LogP contribution is 2.28. The average molecular weight is 381 g/mol. The SMILES string of the molecule is COc1ccc(/C(C)=N/NC(=O)CCN2CCCc3ccccc32)cc1OC. The van der Waals surface area contributed by atoms with Gasteiger partial charge < -0.3 is 14.4 Å². The fourth-order valence-corrected chi connectivity index (χ4v) is 3.41. The van der Waals surface area contributed by atoms with Gasteiger partial charge in [0.15, 0.2) is 11.5 Å². The number of carbonyl (C=O) groups is 1. The third-order valence-electron chi connectivity index (χ3n) is 4.96. The van der Waals surface area contributed by atoms with Crippen LogP contribution in [0.2, 0.25) is 0 Å². The molecule has 0 spiro atoms. The Morgan fingerprint density at radius 3 is 2.71 bits per heavy atom. The third-order valence-corrected chi connectivity index (χ3v) is 4.96. The molecule has 2 aromatic carbocycles. The number of nitrogens with one attached hydrogen (secondary N) is 1. The summed E-state index contributed by atoms with van der Waals surface area (Å²) < 4.78 is 10.6. The molecule has 0 atom stereocenters. The van der Waals surface area contributed by atoms with E-state index in [-0.39, 0.29) is 5.91 Å². The van der Waals surface area contributed by atoms with Crippen molar-refractivity contribution in [1.29, 1.82) is 0 Å². The minimum absolute atomic E-state index is 0.0946. The van der Waals surface area contributed by atoms with Crippen LogP contribution in [0.4, 0.5) is 5.69 Å². The molecule has 148 valence electrons. The zero-order chi connectivity index (χ0) is 19.9. The Balaban J connectivity index is 1.57. The Bertz CT molecular complexity index is 864. The summed E-state index contributed by atoms with van der Waals surface area (Å²) in [5, 5.41) is 4.24. The predicted octanol–water partition coefficient (Wildman–Crippen LogP) is 3.39. The van der Waals surface area contributed by atoms with E-state index in [1.54, 1.807) is 14.2 Å². The van der Waals surface area contributed by atoms with Gasteiger partial charge in [-0.2, -0.15) is 5.10 Å². The largest absolute Gasteiger partial charge is 0.493 e.